The van der Waals surface area contributed by atoms with Crippen LogP contribution in [-0.2, 0) is 11.8 Å². The van der Waals surface area contributed by atoms with E-state index in [-0.39, 0.29) is 12.4 Å². The van der Waals surface area contributed by atoms with Gasteiger partial charge in [-0.05, 0) is 48.9 Å². The number of esters is 1. The van der Waals surface area contributed by atoms with Crippen molar-refractivity contribution >= 4 is 39.1 Å². The van der Waals surface area contributed by atoms with E-state index in [0.717, 1.165) is 10.9 Å². The third kappa shape index (κ3) is 3.97. The fourth-order valence-electron chi connectivity index (χ4n) is 3.53. The molecule has 0 radical (unpaired) electrons. The van der Waals surface area contributed by atoms with Gasteiger partial charge in [-0.2, -0.15) is 0 Å². The van der Waals surface area contributed by atoms with Crippen LogP contribution in [0.3, 0.4) is 0 Å². The zero-order valence-corrected chi connectivity index (χ0v) is 18.6. The second-order valence-electron chi connectivity index (χ2n) is 7.05. The van der Waals surface area contributed by atoms with Crippen LogP contribution < -0.4 is 10.1 Å². The molecule has 1 N–H and O–H groups in total. The summed E-state index contributed by atoms with van der Waals surface area (Å²) in [6.07, 6.45) is 0. The lowest BCUT2D eigenvalue weighted by Crippen LogP contribution is -2.17. The molecule has 0 bridgehead atoms. The highest BCUT2D eigenvalue weighted by molar-refractivity contribution is 7.15. The zero-order valence-electron chi connectivity index (χ0n) is 17.8. The van der Waals surface area contributed by atoms with Crippen molar-refractivity contribution in [2.45, 2.75) is 6.92 Å². The van der Waals surface area contributed by atoms with Crippen molar-refractivity contribution in [1.29, 1.82) is 0 Å². The molecule has 0 saturated heterocycles. The topological polar surface area (TPSA) is 69.6 Å². The Kier molecular flexibility index (Phi) is 5.96. The number of halogens is 1. The Bertz CT molecular complexity index is 1310. The molecule has 32 heavy (non-hydrogen) atoms. The van der Waals surface area contributed by atoms with Crippen molar-refractivity contribution in [3.8, 4) is 16.9 Å². The monoisotopic (exact) mass is 452 g/mol. The van der Waals surface area contributed by atoms with E-state index in [1.54, 1.807) is 55.3 Å². The van der Waals surface area contributed by atoms with Gasteiger partial charge >= 0.3 is 5.97 Å². The standard InChI is InChI=1S/C24H21FN2O4S/c1-4-31-24(29)21-18(14-6-9-17(30-3)10-7-14)13-32-23(21)26-22(28)20-11-15-5-8-16(25)12-19(15)27(20)2/h5-13H,4H2,1-3H3,(H,26,28). The highest BCUT2D eigenvalue weighted by Gasteiger charge is 2.24. The molecule has 1 amide bonds. The van der Waals surface area contributed by atoms with Crippen LogP contribution in [0.25, 0.3) is 22.0 Å². The molecule has 2 heterocycles. The second kappa shape index (κ2) is 8.84. The van der Waals surface area contributed by atoms with Crippen molar-refractivity contribution in [2.75, 3.05) is 19.0 Å². The summed E-state index contributed by atoms with van der Waals surface area (Å²) in [4.78, 5) is 25.8. The number of benzene rings is 2. The highest BCUT2D eigenvalue weighted by atomic mass is 32.1. The number of aromatic nitrogens is 1. The van der Waals surface area contributed by atoms with Crippen LogP contribution in [0.2, 0.25) is 0 Å². The van der Waals surface area contributed by atoms with E-state index in [1.807, 2.05) is 12.1 Å². The van der Waals surface area contributed by atoms with E-state index in [2.05, 4.69) is 5.32 Å². The van der Waals surface area contributed by atoms with Gasteiger partial charge < -0.3 is 19.4 Å². The molecule has 2 aromatic heterocycles. The first-order valence-corrected chi connectivity index (χ1v) is 10.8. The second-order valence-corrected chi connectivity index (χ2v) is 7.93. The van der Waals surface area contributed by atoms with E-state index < -0.39 is 11.9 Å². The lowest BCUT2D eigenvalue weighted by atomic mass is 10.0. The molecule has 0 fully saturated rings. The Morgan fingerprint density at radius 1 is 1.12 bits per heavy atom. The lowest BCUT2D eigenvalue weighted by molar-refractivity contribution is 0.0529. The van der Waals surface area contributed by atoms with Gasteiger partial charge in [0.05, 0.1) is 19.2 Å². The summed E-state index contributed by atoms with van der Waals surface area (Å²) in [5, 5.41) is 5.77. The number of ether oxygens (including phenoxy) is 2. The zero-order chi connectivity index (χ0) is 22.8. The normalized spacial score (nSPS) is 10.9. The summed E-state index contributed by atoms with van der Waals surface area (Å²) in [5.74, 6) is -0.605. The van der Waals surface area contributed by atoms with Crippen LogP contribution in [-0.4, -0.2) is 30.2 Å². The maximum atomic E-state index is 13.6. The quantitative estimate of drug-likeness (QED) is 0.393. The molecule has 0 aliphatic rings. The van der Waals surface area contributed by atoms with Crippen LogP contribution in [0.15, 0.2) is 53.9 Å². The van der Waals surface area contributed by atoms with Crippen molar-refractivity contribution in [1.82, 2.24) is 4.57 Å². The minimum absolute atomic E-state index is 0.207. The molecule has 4 rings (SSSR count). The Labute approximate surface area is 188 Å². The van der Waals surface area contributed by atoms with E-state index in [9.17, 15) is 14.0 Å². The van der Waals surface area contributed by atoms with Crippen LogP contribution in [0.5, 0.6) is 5.75 Å². The molecule has 0 unspecified atom stereocenters. The van der Waals surface area contributed by atoms with Crippen molar-refractivity contribution in [2.24, 2.45) is 7.05 Å². The average molecular weight is 453 g/mol. The number of nitrogens with zero attached hydrogens (tertiary/aromatic N) is 1. The van der Waals surface area contributed by atoms with E-state index in [4.69, 9.17) is 9.47 Å². The molecule has 0 aliphatic heterocycles. The average Bonchev–Trinajstić information content (AvgIpc) is 3.35. The van der Waals surface area contributed by atoms with Gasteiger partial charge in [0.15, 0.2) is 0 Å². The largest absolute Gasteiger partial charge is 0.497 e. The lowest BCUT2D eigenvalue weighted by Gasteiger charge is -2.10. The van der Waals surface area contributed by atoms with Crippen molar-refractivity contribution < 1.29 is 23.5 Å². The van der Waals surface area contributed by atoms with Gasteiger partial charge in [0.2, 0.25) is 0 Å². The van der Waals surface area contributed by atoms with Crippen LogP contribution >= 0.6 is 11.3 Å². The molecule has 164 valence electrons. The number of nitrogens with one attached hydrogen (secondary N) is 1. The minimum atomic E-state index is -0.519. The number of amides is 1. The summed E-state index contributed by atoms with van der Waals surface area (Å²) in [6.45, 7) is 1.93. The minimum Gasteiger partial charge on any atom is -0.497 e. The summed E-state index contributed by atoms with van der Waals surface area (Å²) in [7, 11) is 3.28. The molecule has 0 atom stereocenters. The first-order valence-electron chi connectivity index (χ1n) is 9.92. The molecule has 6 nitrogen and oxygen atoms in total. The summed E-state index contributed by atoms with van der Waals surface area (Å²) >= 11 is 1.24. The summed E-state index contributed by atoms with van der Waals surface area (Å²) in [6, 6.07) is 13.3. The molecule has 2 aromatic carbocycles. The van der Waals surface area contributed by atoms with Gasteiger partial charge in [0, 0.05) is 23.4 Å². The Hall–Kier alpha value is -3.65. The smallest absolute Gasteiger partial charge is 0.341 e. The third-order valence-electron chi connectivity index (χ3n) is 5.14. The molecular formula is C24H21FN2O4S. The van der Waals surface area contributed by atoms with Crippen LogP contribution in [0.4, 0.5) is 9.39 Å². The number of fused-ring (bicyclic) bond motifs is 1. The van der Waals surface area contributed by atoms with Gasteiger partial charge in [-0.15, -0.1) is 11.3 Å². The number of aryl methyl sites for hydroxylation is 1. The van der Waals surface area contributed by atoms with Crippen LogP contribution in [0, 0.1) is 5.82 Å². The number of hydrogen-bond donors (Lipinski definition) is 1. The van der Waals surface area contributed by atoms with Gasteiger partial charge in [-0.1, -0.05) is 12.1 Å². The fourth-order valence-corrected chi connectivity index (χ4v) is 4.48. The summed E-state index contributed by atoms with van der Waals surface area (Å²) in [5.41, 5.74) is 2.70. The number of anilines is 1. The van der Waals surface area contributed by atoms with E-state index in [0.29, 0.717) is 33.1 Å². The fraction of sp³-hybridized carbons (Fsp3) is 0.167. The molecular weight excluding hydrogens is 431 g/mol. The highest BCUT2D eigenvalue weighted by Crippen LogP contribution is 2.37. The molecule has 0 aliphatic carbocycles. The van der Waals surface area contributed by atoms with Gasteiger partial charge in [-0.3, -0.25) is 4.79 Å². The number of thiophene rings is 1. The van der Waals surface area contributed by atoms with Crippen LogP contribution in [0.1, 0.15) is 27.8 Å². The molecule has 8 heteroatoms. The Morgan fingerprint density at radius 3 is 2.56 bits per heavy atom. The molecule has 0 saturated carbocycles. The Balaban J connectivity index is 1.71. The van der Waals surface area contributed by atoms with Crippen molar-refractivity contribution in [3.63, 3.8) is 0 Å². The Morgan fingerprint density at radius 2 is 1.88 bits per heavy atom. The van der Waals surface area contributed by atoms with E-state index in [1.165, 1.54) is 23.5 Å². The maximum Gasteiger partial charge on any atom is 0.341 e. The molecule has 0 spiro atoms. The molecule has 4 aromatic rings. The van der Waals surface area contributed by atoms with Gasteiger partial charge in [-0.25, -0.2) is 9.18 Å². The maximum absolute atomic E-state index is 13.6. The SMILES string of the molecule is CCOC(=O)c1c(-c2ccc(OC)cc2)csc1NC(=O)c1cc2ccc(F)cc2n1C. The number of methoxy groups -OCH3 is 1. The van der Waals surface area contributed by atoms with E-state index >= 15 is 0 Å². The first-order chi connectivity index (χ1) is 15.4. The number of hydrogen-bond acceptors (Lipinski definition) is 5. The number of carbonyl (C=O) groups is 2. The summed E-state index contributed by atoms with van der Waals surface area (Å²) < 4.78 is 25.7. The number of rotatable bonds is 6. The predicted octanol–water partition coefficient (Wildman–Crippen LogP) is 5.48. The third-order valence-corrected chi connectivity index (χ3v) is 6.03. The van der Waals surface area contributed by atoms with Gasteiger partial charge in [0.1, 0.15) is 27.8 Å². The first kappa shape index (κ1) is 21.6. The predicted molar refractivity (Wildman–Crippen MR) is 123 cm³/mol. The van der Waals surface area contributed by atoms with Crippen molar-refractivity contribution in [3.05, 3.63) is 71.0 Å². The van der Waals surface area contributed by atoms with Gasteiger partial charge in [0.25, 0.3) is 5.91 Å². The number of carbonyl (C=O) groups excluding carboxylic acids is 2.